The van der Waals surface area contributed by atoms with E-state index in [0.29, 0.717) is 0 Å². The van der Waals surface area contributed by atoms with Gasteiger partial charge < -0.3 is 25.2 Å². The number of nitrogens with one attached hydrogen (secondary N) is 1. The fraction of sp³-hybridized carbons (Fsp3) is 0.875. The number of aliphatic hydroxyl groups is 4. The topological polar surface area (TPSA) is 128 Å². The lowest BCUT2D eigenvalue weighted by Crippen LogP contribution is -2.60. The van der Waals surface area contributed by atoms with E-state index in [-0.39, 0.29) is 0 Å². The molecule has 1 aliphatic rings. The van der Waals surface area contributed by atoms with Gasteiger partial charge in [0.2, 0.25) is 12.2 Å². The zero-order valence-corrected chi connectivity index (χ0v) is 8.61. The lowest BCUT2D eigenvalue weighted by molar-refractivity contribution is -0.313. The summed E-state index contributed by atoms with van der Waals surface area (Å²) in [4.78, 5) is 15.2. The van der Waals surface area contributed by atoms with Gasteiger partial charge in [0.25, 0.3) is 0 Å². The summed E-state index contributed by atoms with van der Waals surface area (Å²) < 4.78 is 4.93. The largest absolute Gasteiger partial charge is 0.394 e. The smallest absolute Gasteiger partial charge is 0.240 e. The van der Waals surface area contributed by atoms with Crippen molar-refractivity contribution in [2.75, 3.05) is 6.61 Å². The van der Waals surface area contributed by atoms with Crippen LogP contribution in [0.15, 0.2) is 0 Å². The second kappa shape index (κ2) is 5.53. The Balaban J connectivity index is 2.60. The molecular formula is C8H15NO7. The number of amides is 1. The van der Waals surface area contributed by atoms with Gasteiger partial charge in [-0.2, -0.15) is 0 Å². The first-order valence-electron chi connectivity index (χ1n) is 4.70. The molecule has 1 aliphatic heterocycles. The minimum atomic E-state index is -1.52. The van der Waals surface area contributed by atoms with Gasteiger partial charge in [-0.3, -0.25) is 4.79 Å². The van der Waals surface area contributed by atoms with Crippen molar-refractivity contribution in [2.24, 2.45) is 0 Å². The zero-order valence-electron chi connectivity index (χ0n) is 8.61. The molecule has 1 saturated heterocycles. The molecule has 0 saturated carbocycles. The average molecular weight is 237 g/mol. The van der Waals surface area contributed by atoms with Crippen LogP contribution in [0.2, 0.25) is 0 Å². The molecule has 0 aromatic carbocycles. The third-order valence-corrected chi connectivity index (χ3v) is 2.17. The van der Waals surface area contributed by atoms with Gasteiger partial charge in [-0.25, -0.2) is 10.3 Å². The maximum absolute atomic E-state index is 10.6. The lowest BCUT2D eigenvalue weighted by Gasteiger charge is -2.38. The second-order valence-corrected chi connectivity index (χ2v) is 3.47. The molecule has 0 radical (unpaired) electrons. The maximum Gasteiger partial charge on any atom is 0.240 e. The summed E-state index contributed by atoms with van der Waals surface area (Å²) in [6.45, 7) is 0.634. The van der Waals surface area contributed by atoms with E-state index in [9.17, 15) is 20.1 Å². The van der Waals surface area contributed by atoms with Gasteiger partial charge in [0.1, 0.15) is 24.4 Å². The van der Waals surface area contributed by atoms with Crippen molar-refractivity contribution >= 4 is 5.91 Å². The van der Waals surface area contributed by atoms with Crippen LogP contribution in [-0.4, -0.2) is 63.6 Å². The maximum atomic E-state index is 10.6. The molecule has 94 valence electrons. The highest BCUT2D eigenvalue weighted by Crippen LogP contribution is 2.21. The van der Waals surface area contributed by atoms with E-state index >= 15 is 0 Å². The van der Waals surface area contributed by atoms with Gasteiger partial charge in [0.15, 0.2) is 0 Å². The number of carbonyl (C=O) groups is 1. The first kappa shape index (κ1) is 13.3. The molecule has 8 heteroatoms. The number of hydrogen-bond donors (Lipinski definition) is 5. The summed E-state index contributed by atoms with van der Waals surface area (Å²) in [5, 5.41) is 37.0. The van der Waals surface area contributed by atoms with Gasteiger partial charge in [-0.15, -0.1) is 0 Å². The van der Waals surface area contributed by atoms with Crippen LogP contribution in [0.3, 0.4) is 0 Å². The molecular weight excluding hydrogens is 222 g/mol. The van der Waals surface area contributed by atoms with Crippen LogP contribution in [0.5, 0.6) is 0 Å². The summed E-state index contributed by atoms with van der Waals surface area (Å²) >= 11 is 0. The molecule has 0 unspecified atom stereocenters. The van der Waals surface area contributed by atoms with E-state index in [1.54, 1.807) is 0 Å². The number of hydroxylamine groups is 1. The summed E-state index contributed by atoms with van der Waals surface area (Å²) in [5.41, 5.74) is 1.93. The molecule has 0 bridgehead atoms. The Kier molecular flexibility index (Phi) is 4.59. The molecule has 0 aromatic rings. The van der Waals surface area contributed by atoms with Crippen LogP contribution >= 0.6 is 0 Å². The van der Waals surface area contributed by atoms with Crippen LogP contribution in [0.25, 0.3) is 0 Å². The van der Waals surface area contributed by atoms with E-state index in [4.69, 9.17) is 9.84 Å². The summed E-state index contributed by atoms with van der Waals surface area (Å²) in [6, 6.07) is 0. The van der Waals surface area contributed by atoms with Gasteiger partial charge in [-0.05, 0) is 0 Å². The van der Waals surface area contributed by atoms with Crippen molar-refractivity contribution in [3.8, 4) is 0 Å². The summed E-state index contributed by atoms with van der Waals surface area (Å²) in [7, 11) is 0. The molecule has 16 heavy (non-hydrogen) atoms. The van der Waals surface area contributed by atoms with Crippen molar-refractivity contribution in [2.45, 2.75) is 37.6 Å². The van der Waals surface area contributed by atoms with Crippen molar-refractivity contribution in [1.29, 1.82) is 0 Å². The Morgan fingerprint density at radius 3 is 2.44 bits per heavy atom. The predicted octanol–water partition coefficient (Wildman–Crippen LogP) is -3.15. The Hall–Kier alpha value is -0.770. The van der Waals surface area contributed by atoms with E-state index < -0.39 is 43.2 Å². The number of rotatable bonds is 3. The molecule has 1 amide bonds. The van der Waals surface area contributed by atoms with Crippen LogP contribution < -0.4 is 5.48 Å². The third kappa shape index (κ3) is 2.88. The van der Waals surface area contributed by atoms with Gasteiger partial charge in [-0.1, -0.05) is 0 Å². The number of ether oxygens (including phenoxy) is 1. The van der Waals surface area contributed by atoms with E-state index in [0.717, 1.165) is 0 Å². The highest BCUT2D eigenvalue weighted by Gasteiger charge is 2.44. The number of hydrogen-bond acceptors (Lipinski definition) is 7. The quantitative estimate of drug-likeness (QED) is 0.328. The van der Waals surface area contributed by atoms with E-state index in [1.165, 1.54) is 6.92 Å². The first-order valence-corrected chi connectivity index (χ1v) is 4.70. The van der Waals surface area contributed by atoms with E-state index in [2.05, 4.69) is 4.84 Å². The molecule has 5 N–H and O–H groups in total. The predicted molar refractivity (Wildman–Crippen MR) is 48.7 cm³/mol. The number of aliphatic hydroxyl groups excluding tert-OH is 4. The Morgan fingerprint density at radius 2 is 1.94 bits per heavy atom. The average Bonchev–Trinajstić information content (AvgIpc) is 2.25. The van der Waals surface area contributed by atoms with Crippen molar-refractivity contribution in [3.05, 3.63) is 0 Å². The minimum Gasteiger partial charge on any atom is -0.394 e. The molecule has 1 heterocycles. The normalized spacial score (nSPS) is 39.4. The van der Waals surface area contributed by atoms with Crippen molar-refractivity contribution < 1.29 is 34.8 Å². The fourth-order valence-electron chi connectivity index (χ4n) is 1.31. The second-order valence-electron chi connectivity index (χ2n) is 3.47. The molecule has 8 nitrogen and oxygen atoms in total. The standard InChI is InChI=1S/C8H15NO7/c1-3(11)9-16-8-7(14)6(13)5(12)4(2-10)15-8/h4-8,10,12-14H,2H2,1H3,(H,9,11)/t4-,5-,6+,7-,8-/m1/s1. The van der Waals surface area contributed by atoms with Gasteiger partial charge >= 0.3 is 0 Å². The molecule has 1 fully saturated rings. The number of carbonyl (C=O) groups excluding carboxylic acids is 1. The van der Waals surface area contributed by atoms with Crippen LogP contribution in [-0.2, 0) is 14.4 Å². The van der Waals surface area contributed by atoms with Crippen molar-refractivity contribution in [1.82, 2.24) is 5.48 Å². The monoisotopic (exact) mass is 237 g/mol. The molecule has 0 aromatic heterocycles. The zero-order chi connectivity index (χ0) is 12.3. The van der Waals surface area contributed by atoms with Crippen LogP contribution in [0.4, 0.5) is 0 Å². The minimum absolute atomic E-state index is 0.517. The Morgan fingerprint density at radius 1 is 1.31 bits per heavy atom. The highest BCUT2D eigenvalue weighted by atomic mass is 16.8. The van der Waals surface area contributed by atoms with Gasteiger partial charge in [0.05, 0.1) is 6.61 Å². The van der Waals surface area contributed by atoms with Crippen LogP contribution in [0, 0.1) is 0 Å². The highest BCUT2D eigenvalue weighted by molar-refractivity contribution is 5.71. The molecule has 0 spiro atoms. The Labute approximate surface area is 91.4 Å². The summed E-state index contributed by atoms with van der Waals surface area (Å²) in [5.74, 6) is -0.517. The molecule has 1 rings (SSSR count). The fourth-order valence-corrected chi connectivity index (χ4v) is 1.31. The van der Waals surface area contributed by atoms with Crippen LogP contribution in [0.1, 0.15) is 6.92 Å². The SMILES string of the molecule is CC(=O)NO[C@H]1O[C@H](CO)[C@@H](O)[C@H](O)[C@H]1O. The van der Waals surface area contributed by atoms with E-state index in [1.807, 2.05) is 5.48 Å². The summed E-state index contributed by atoms with van der Waals surface area (Å²) in [6.07, 6.45) is -6.90. The third-order valence-electron chi connectivity index (χ3n) is 2.17. The van der Waals surface area contributed by atoms with Crippen molar-refractivity contribution in [3.63, 3.8) is 0 Å². The molecule has 5 atom stereocenters. The first-order chi connectivity index (χ1) is 7.47. The molecule has 0 aliphatic carbocycles. The lowest BCUT2D eigenvalue weighted by atomic mass is 9.99. The van der Waals surface area contributed by atoms with Gasteiger partial charge in [0, 0.05) is 6.92 Å². The Bertz CT molecular complexity index is 247.